The van der Waals surface area contributed by atoms with Crippen LogP contribution in [0.5, 0.6) is 0 Å². The van der Waals surface area contributed by atoms with Gasteiger partial charge in [-0.25, -0.2) is 9.48 Å². The summed E-state index contributed by atoms with van der Waals surface area (Å²) >= 11 is 0. The van der Waals surface area contributed by atoms with Gasteiger partial charge in [0.05, 0.1) is 11.7 Å². The molecule has 4 rings (SSSR count). The van der Waals surface area contributed by atoms with Gasteiger partial charge in [0.25, 0.3) is 5.56 Å². The number of hydrogen-bond acceptors (Lipinski definition) is 3. The second-order valence-electron chi connectivity index (χ2n) is 6.22. The van der Waals surface area contributed by atoms with E-state index in [1.54, 1.807) is 11.0 Å². The number of likely N-dealkylation sites (tertiary alicyclic amines) is 1. The van der Waals surface area contributed by atoms with Gasteiger partial charge in [0.1, 0.15) is 0 Å². The van der Waals surface area contributed by atoms with Gasteiger partial charge in [0, 0.05) is 30.4 Å². The van der Waals surface area contributed by atoms with Gasteiger partial charge in [0.15, 0.2) is 0 Å². The van der Waals surface area contributed by atoms with Crippen molar-refractivity contribution in [1.82, 2.24) is 14.7 Å². The maximum atomic E-state index is 12.3. The Morgan fingerprint density at radius 2 is 1.58 bits per heavy atom. The molecule has 1 fully saturated rings. The fourth-order valence-electron chi connectivity index (χ4n) is 2.95. The van der Waals surface area contributed by atoms with E-state index in [0.29, 0.717) is 13.1 Å². The molecule has 3 aromatic rings. The summed E-state index contributed by atoms with van der Waals surface area (Å²) in [6.45, 7) is 0.924. The number of aromatic nitrogens is 2. The van der Waals surface area contributed by atoms with Crippen LogP contribution in [0.25, 0.3) is 11.3 Å². The summed E-state index contributed by atoms with van der Waals surface area (Å²) in [6, 6.07) is 22.0. The Kier molecular flexibility index (Phi) is 4.23. The molecule has 0 aliphatic carbocycles. The zero-order valence-corrected chi connectivity index (χ0v) is 14.1. The molecule has 0 atom stereocenters. The highest BCUT2D eigenvalue weighted by molar-refractivity contribution is 5.89. The minimum Gasteiger partial charge on any atom is -0.320 e. The molecule has 6 nitrogen and oxygen atoms in total. The van der Waals surface area contributed by atoms with Crippen LogP contribution >= 0.6 is 0 Å². The van der Waals surface area contributed by atoms with E-state index in [2.05, 4.69) is 10.4 Å². The molecule has 0 bridgehead atoms. The maximum Gasteiger partial charge on any atom is 0.321 e. The molecule has 1 N–H and O–H groups in total. The number of carbonyl (C=O) groups is 1. The predicted molar refractivity (Wildman–Crippen MR) is 100 cm³/mol. The third kappa shape index (κ3) is 3.21. The Hall–Kier alpha value is -3.41. The van der Waals surface area contributed by atoms with Crippen molar-refractivity contribution in [3.63, 3.8) is 0 Å². The van der Waals surface area contributed by atoms with Crippen molar-refractivity contribution in [2.45, 2.75) is 6.04 Å². The van der Waals surface area contributed by atoms with Crippen LogP contribution in [0.15, 0.2) is 77.6 Å². The Morgan fingerprint density at radius 1 is 0.923 bits per heavy atom. The summed E-state index contributed by atoms with van der Waals surface area (Å²) in [7, 11) is 0. The normalized spacial score (nSPS) is 13.9. The lowest BCUT2D eigenvalue weighted by atomic mass is 10.1. The predicted octanol–water partition coefficient (Wildman–Crippen LogP) is 3.00. The minimum absolute atomic E-state index is 0.104. The van der Waals surface area contributed by atoms with Gasteiger partial charge < -0.3 is 10.2 Å². The monoisotopic (exact) mass is 346 g/mol. The van der Waals surface area contributed by atoms with Crippen molar-refractivity contribution in [2.24, 2.45) is 0 Å². The lowest BCUT2D eigenvalue weighted by Crippen LogP contribution is -2.54. The van der Waals surface area contributed by atoms with Gasteiger partial charge in [-0.2, -0.15) is 5.10 Å². The number of amides is 2. The number of benzene rings is 2. The van der Waals surface area contributed by atoms with Gasteiger partial charge in [-0.1, -0.05) is 48.5 Å². The summed E-state index contributed by atoms with van der Waals surface area (Å²) in [6.07, 6.45) is 0. The molecular weight excluding hydrogens is 328 g/mol. The first-order chi connectivity index (χ1) is 12.7. The first-order valence-corrected chi connectivity index (χ1v) is 8.47. The first kappa shape index (κ1) is 16.1. The average Bonchev–Trinajstić information content (AvgIpc) is 2.63. The van der Waals surface area contributed by atoms with E-state index in [1.807, 2.05) is 60.7 Å². The molecule has 0 saturated carbocycles. The number of nitrogens with one attached hydrogen (secondary N) is 1. The number of para-hydroxylation sites is 1. The molecule has 0 unspecified atom stereocenters. The van der Waals surface area contributed by atoms with Crippen LogP contribution in [0.3, 0.4) is 0 Å². The number of anilines is 1. The van der Waals surface area contributed by atoms with Crippen LogP contribution in [0.2, 0.25) is 0 Å². The van der Waals surface area contributed by atoms with E-state index in [1.165, 1.54) is 10.7 Å². The van der Waals surface area contributed by atoms with E-state index in [9.17, 15) is 9.59 Å². The minimum atomic E-state index is -0.167. The van der Waals surface area contributed by atoms with Crippen molar-refractivity contribution >= 4 is 11.7 Å². The highest BCUT2D eigenvalue weighted by Gasteiger charge is 2.33. The second kappa shape index (κ2) is 6.84. The van der Waals surface area contributed by atoms with Gasteiger partial charge in [-0.15, -0.1) is 0 Å². The summed E-state index contributed by atoms with van der Waals surface area (Å²) in [5, 5.41) is 7.34. The van der Waals surface area contributed by atoms with Crippen LogP contribution < -0.4 is 10.9 Å². The first-order valence-electron chi connectivity index (χ1n) is 8.47. The number of urea groups is 1. The number of carbonyl (C=O) groups excluding carboxylic acids is 1. The third-order valence-corrected chi connectivity index (χ3v) is 4.42. The average molecular weight is 346 g/mol. The summed E-state index contributed by atoms with van der Waals surface area (Å²) in [4.78, 5) is 26.1. The molecule has 1 aromatic heterocycles. The number of rotatable bonds is 3. The SMILES string of the molecule is O=C(Nc1ccccc1)N1CC(n2nc(-c3ccccc3)ccc2=O)C1. The smallest absolute Gasteiger partial charge is 0.320 e. The fraction of sp³-hybridized carbons (Fsp3) is 0.150. The summed E-state index contributed by atoms with van der Waals surface area (Å²) in [5.41, 5.74) is 2.30. The molecule has 0 radical (unpaired) electrons. The molecule has 6 heteroatoms. The molecule has 130 valence electrons. The van der Waals surface area contributed by atoms with Crippen LogP contribution in [-0.4, -0.2) is 33.8 Å². The Bertz CT molecular complexity index is 964. The lowest BCUT2D eigenvalue weighted by molar-refractivity contribution is 0.125. The Labute approximate surface area is 150 Å². The topological polar surface area (TPSA) is 67.2 Å². The molecule has 1 aliphatic rings. The highest BCUT2D eigenvalue weighted by atomic mass is 16.2. The summed E-state index contributed by atoms with van der Waals surface area (Å²) in [5.74, 6) is 0. The van der Waals surface area contributed by atoms with E-state index >= 15 is 0 Å². The number of nitrogens with zero attached hydrogens (tertiary/aromatic N) is 3. The molecule has 26 heavy (non-hydrogen) atoms. The van der Waals surface area contributed by atoms with Crippen LogP contribution in [-0.2, 0) is 0 Å². The third-order valence-electron chi connectivity index (χ3n) is 4.42. The summed E-state index contributed by atoms with van der Waals surface area (Å²) < 4.78 is 1.48. The maximum absolute atomic E-state index is 12.3. The van der Waals surface area contributed by atoms with E-state index in [4.69, 9.17) is 0 Å². The molecule has 2 heterocycles. The van der Waals surface area contributed by atoms with Gasteiger partial charge >= 0.3 is 6.03 Å². The van der Waals surface area contributed by atoms with Gasteiger partial charge in [-0.3, -0.25) is 4.79 Å². The molecule has 1 aliphatic heterocycles. The Balaban J connectivity index is 1.45. The van der Waals surface area contributed by atoms with Crippen molar-refractivity contribution in [2.75, 3.05) is 18.4 Å². The van der Waals surface area contributed by atoms with Crippen molar-refractivity contribution < 1.29 is 4.79 Å². The van der Waals surface area contributed by atoms with E-state index in [-0.39, 0.29) is 17.6 Å². The Morgan fingerprint density at radius 3 is 2.27 bits per heavy atom. The second-order valence-corrected chi connectivity index (χ2v) is 6.22. The van der Waals surface area contributed by atoms with Crippen molar-refractivity contribution in [1.29, 1.82) is 0 Å². The molecule has 2 aromatic carbocycles. The van der Waals surface area contributed by atoms with Gasteiger partial charge in [0.2, 0.25) is 0 Å². The quantitative estimate of drug-likeness (QED) is 0.793. The zero-order chi connectivity index (χ0) is 17.9. The van der Waals surface area contributed by atoms with Crippen LogP contribution in [0, 0.1) is 0 Å². The fourth-order valence-corrected chi connectivity index (χ4v) is 2.95. The standard InChI is InChI=1S/C20H18N4O2/c25-19-12-11-18(15-7-3-1-4-8-15)22-24(19)17-13-23(14-17)20(26)21-16-9-5-2-6-10-16/h1-12,17H,13-14H2,(H,21,26). The molecule has 2 amide bonds. The van der Waals surface area contributed by atoms with Gasteiger partial charge in [-0.05, 0) is 18.2 Å². The largest absolute Gasteiger partial charge is 0.321 e. The molecular formula is C20H18N4O2. The number of hydrogen-bond donors (Lipinski definition) is 1. The van der Waals surface area contributed by atoms with Crippen molar-refractivity contribution in [3.05, 3.63) is 83.2 Å². The molecule has 1 saturated heterocycles. The molecule has 0 spiro atoms. The lowest BCUT2D eigenvalue weighted by Gasteiger charge is -2.39. The van der Waals surface area contributed by atoms with Crippen LogP contribution in [0.1, 0.15) is 6.04 Å². The van der Waals surface area contributed by atoms with Crippen LogP contribution in [0.4, 0.5) is 10.5 Å². The highest BCUT2D eigenvalue weighted by Crippen LogP contribution is 2.22. The van der Waals surface area contributed by atoms with E-state index < -0.39 is 0 Å². The van der Waals surface area contributed by atoms with Crippen molar-refractivity contribution in [3.8, 4) is 11.3 Å². The van der Waals surface area contributed by atoms with E-state index in [0.717, 1.165) is 16.9 Å². The zero-order valence-electron chi connectivity index (χ0n) is 14.1.